The lowest BCUT2D eigenvalue weighted by Crippen LogP contribution is -2.70. The Hall–Kier alpha value is -3.26. The van der Waals surface area contributed by atoms with Crippen LogP contribution in [0.3, 0.4) is 0 Å². The van der Waals surface area contributed by atoms with E-state index in [4.69, 9.17) is 4.42 Å². The van der Waals surface area contributed by atoms with E-state index in [2.05, 4.69) is 15.5 Å². The minimum atomic E-state index is -1.26. The molecule has 33 heavy (non-hydrogen) atoms. The molecule has 1 saturated heterocycles. The van der Waals surface area contributed by atoms with Gasteiger partial charge in [0.25, 0.3) is 11.8 Å². The van der Waals surface area contributed by atoms with Crippen LogP contribution in [0.25, 0.3) is 0 Å². The quantitative estimate of drug-likeness (QED) is 0.335. The summed E-state index contributed by atoms with van der Waals surface area (Å²) in [7, 11) is 0. The number of thioether (sulfide) groups is 2. The molecule has 2 aromatic rings. The summed E-state index contributed by atoms with van der Waals surface area (Å²) in [6.45, 7) is 1.95. The van der Waals surface area contributed by atoms with Crippen LogP contribution in [-0.2, 0) is 27.3 Å². The van der Waals surface area contributed by atoms with Gasteiger partial charge in [-0.2, -0.15) is 0 Å². The van der Waals surface area contributed by atoms with Crippen molar-refractivity contribution in [2.45, 2.75) is 36.5 Å². The monoisotopic (exact) mass is 493 g/mol. The summed E-state index contributed by atoms with van der Waals surface area (Å²) in [5.74, 6) is -1.94. The molecule has 2 aliphatic heterocycles. The van der Waals surface area contributed by atoms with Crippen LogP contribution < -0.4 is 10.9 Å². The van der Waals surface area contributed by atoms with Crippen LogP contribution in [0.5, 0.6) is 5.88 Å². The SMILES string of the molecule is CCn1c(SCC2=C(C(=O)O)N3C(=O)C(NC(=O)Cc4ccco4)[C@H]3SC2)nnc(O)c1=O. The highest BCUT2D eigenvalue weighted by Crippen LogP contribution is 2.41. The molecule has 174 valence electrons. The first-order valence-electron chi connectivity index (χ1n) is 9.82. The lowest BCUT2D eigenvalue weighted by Gasteiger charge is -2.49. The Kier molecular flexibility index (Phi) is 6.47. The number of carboxylic acid groups (broad SMARTS) is 1. The summed E-state index contributed by atoms with van der Waals surface area (Å²) in [6, 6.07) is 2.48. The van der Waals surface area contributed by atoms with Crippen LogP contribution in [0.15, 0.2) is 44.0 Å². The van der Waals surface area contributed by atoms with E-state index in [0.717, 1.165) is 11.8 Å². The summed E-state index contributed by atoms with van der Waals surface area (Å²) in [5.41, 5.74) is -0.344. The summed E-state index contributed by atoms with van der Waals surface area (Å²) in [6.07, 6.45) is 1.42. The van der Waals surface area contributed by atoms with Crippen molar-refractivity contribution in [3.8, 4) is 5.88 Å². The Morgan fingerprint density at radius 2 is 2.15 bits per heavy atom. The Bertz CT molecular complexity index is 1190. The number of aromatic nitrogens is 3. The number of nitrogens with one attached hydrogen (secondary N) is 1. The molecule has 0 radical (unpaired) electrons. The van der Waals surface area contributed by atoms with Crippen molar-refractivity contribution >= 4 is 41.3 Å². The number of β-lactam (4-membered cyclic amide) rings is 1. The number of hydrogen-bond acceptors (Lipinski definition) is 10. The van der Waals surface area contributed by atoms with Gasteiger partial charge in [0.1, 0.15) is 22.9 Å². The number of carboxylic acids is 1. The van der Waals surface area contributed by atoms with E-state index in [0.29, 0.717) is 17.1 Å². The van der Waals surface area contributed by atoms with Gasteiger partial charge in [0, 0.05) is 18.1 Å². The zero-order chi connectivity index (χ0) is 23.7. The van der Waals surface area contributed by atoms with Crippen molar-refractivity contribution in [3.63, 3.8) is 0 Å². The number of carbonyl (C=O) groups excluding carboxylic acids is 2. The largest absolute Gasteiger partial charge is 0.488 e. The number of rotatable bonds is 8. The summed E-state index contributed by atoms with van der Waals surface area (Å²) in [5, 5.41) is 28.8. The molecule has 2 aromatic heterocycles. The van der Waals surface area contributed by atoms with Gasteiger partial charge >= 0.3 is 11.5 Å². The molecule has 0 saturated carbocycles. The molecule has 2 aliphatic rings. The fraction of sp³-hybridized carbons (Fsp3) is 0.368. The van der Waals surface area contributed by atoms with Crippen LogP contribution in [0, 0.1) is 0 Å². The molecule has 12 nitrogen and oxygen atoms in total. The molecule has 14 heteroatoms. The number of nitrogens with zero attached hydrogens (tertiary/aromatic N) is 4. The first kappa shape index (κ1) is 22.9. The highest BCUT2D eigenvalue weighted by Gasteiger charge is 2.54. The van der Waals surface area contributed by atoms with E-state index in [9.17, 15) is 29.4 Å². The Morgan fingerprint density at radius 1 is 1.36 bits per heavy atom. The van der Waals surface area contributed by atoms with Crippen molar-refractivity contribution in [1.82, 2.24) is 25.0 Å². The smallest absolute Gasteiger partial charge is 0.352 e. The highest BCUT2D eigenvalue weighted by atomic mass is 32.2. The summed E-state index contributed by atoms with van der Waals surface area (Å²) >= 11 is 2.43. The lowest BCUT2D eigenvalue weighted by atomic mass is 10.0. The third-order valence-corrected chi connectivity index (χ3v) is 7.46. The fourth-order valence-electron chi connectivity index (χ4n) is 3.52. The number of aromatic hydroxyl groups is 1. The van der Waals surface area contributed by atoms with Gasteiger partial charge in [-0.05, 0) is 24.6 Å². The number of carbonyl (C=O) groups is 3. The maximum Gasteiger partial charge on any atom is 0.352 e. The second kappa shape index (κ2) is 9.31. The highest BCUT2D eigenvalue weighted by molar-refractivity contribution is 8.01. The molecule has 4 heterocycles. The first-order valence-corrected chi connectivity index (χ1v) is 11.9. The maximum atomic E-state index is 12.7. The molecule has 1 unspecified atom stereocenters. The lowest BCUT2D eigenvalue weighted by molar-refractivity contribution is -0.150. The third kappa shape index (κ3) is 4.35. The number of furan rings is 1. The number of aliphatic carboxylic acids is 1. The van der Waals surface area contributed by atoms with Crippen LogP contribution in [-0.4, -0.2) is 70.6 Å². The van der Waals surface area contributed by atoms with Crippen molar-refractivity contribution < 1.29 is 29.0 Å². The van der Waals surface area contributed by atoms with E-state index in [1.807, 2.05) is 0 Å². The Labute approximate surface area is 195 Å². The third-order valence-electron chi connectivity index (χ3n) is 5.07. The van der Waals surface area contributed by atoms with Gasteiger partial charge in [-0.15, -0.1) is 22.0 Å². The molecule has 4 rings (SSSR count). The van der Waals surface area contributed by atoms with Crippen molar-refractivity contribution in [1.29, 1.82) is 0 Å². The zero-order valence-electron chi connectivity index (χ0n) is 17.3. The van der Waals surface area contributed by atoms with Crippen LogP contribution >= 0.6 is 23.5 Å². The molecule has 0 aromatic carbocycles. The molecular weight excluding hydrogens is 474 g/mol. The number of amides is 2. The van der Waals surface area contributed by atoms with E-state index in [-0.39, 0.29) is 29.6 Å². The number of fused-ring (bicyclic) bond motifs is 1. The average molecular weight is 494 g/mol. The van der Waals surface area contributed by atoms with Gasteiger partial charge < -0.3 is 19.9 Å². The minimum Gasteiger partial charge on any atom is -0.488 e. The van der Waals surface area contributed by atoms with Gasteiger partial charge in [0.05, 0.1) is 12.7 Å². The van der Waals surface area contributed by atoms with Gasteiger partial charge in [0.15, 0.2) is 5.16 Å². The van der Waals surface area contributed by atoms with E-state index in [1.54, 1.807) is 19.1 Å². The first-order chi connectivity index (χ1) is 15.8. The molecular formula is C19H19N5O7S2. The molecule has 2 amide bonds. The average Bonchev–Trinajstić information content (AvgIpc) is 3.30. The minimum absolute atomic E-state index is 0.0233. The Balaban J connectivity index is 1.48. The van der Waals surface area contributed by atoms with E-state index in [1.165, 1.54) is 27.5 Å². The Morgan fingerprint density at radius 3 is 2.82 bits per heavy atom. The predicted molar refractivity (Wildman–Crippen MR) is 116 cm³/mol. The number of hydrogen-bond donors (Lipinski definition) is 3. The summed E-state index contributed by atoms with van der Waals surface area (Å²) < 4.78 is 6.36. The van der Waals surface area contributed by atoms with Crippen molar-refractivity contribution in [3.05, 3.63) is 45.8 Å². The van der Waals surface area contributed by atoms with Crippen LogP contribution in [0.4, 0.5) is 0 Å². The second-order valence-electron chi connectivity index (χ2n) is 7.11. The standard InChI is InChI=1S/C19H19N5O7S2/c1-2-23-16(28)14(26)21-22-19(23)33-8-9-7-32-17-12(15(27)24(17)13(9)18(29)30)20-11(25)6-10-4-3-5-31-10/h3-5,12,17H,2,6-8H2,1H3,(H,20,25)(H,21,26)(H,29,30)/t12?,17-/m1/s1. The van der Waals surface area contributed by atoms with Gasteiger partial charge in [-0.3, -0.25) is 23.9 Å². The maximum absolute atomic E-state index is 12.7. The molecule has 0 spiro atoms. The van der Waals surface area contributed by atoms with Gasteiger partial charge in [0.2, 0.25) is 5.91 Å². The normalized spacial score (nSPS) is 19.8. The topological polar surface area (TPSA) is 168 Å². The molecule has 0 bridgehead atoms. The molecule has 3 N–H and O–H groups in total. The van der Waals surface area contributed by atoms with Crippen molar-refractivity contribution in [2.24, 2.45) is 0 Å². The predicted octanol–water partition coefficient (Wildman–Crippen LogP) is 0.0302. The van der Waals surface area contributed by atoms with Gasteiger partial charge in [-0.25, -0.2) is 4.79 Å². The van der Waals surface area contributed by atoms with Crippen molar-refractivity contribution in [2.75, 3.05) is 11.5 Å². The van der Waals surface area contributed by atoms with E-state index < -0.39 is 40.6 Å². The van der Waals surface area contributed by atoms with Crippen LogP contribution in [0.1, 0.15) is 12.7 Å². The molecule has 0 aliphatic carbocycles. The molecule has 2 atom stereocenters. The van der Waals surface area contributed by atoms with Crippen LogP contribution in [0.2, 0.25) is 0 Å². The zero-order valence-corrected chi connectivity index (χ0v) is 18.9. The second-order valence-corrected chi connectivity index (χ2v) is 9.16. The van der Waals surface area contributed by atoms with Gasteiger partial charge in [-0.1, -0.05) is 11.8 Å². The van der Waals surface area contributed by atoms with E-state index >= 15 is 0 Å². The molecule has 1 fully saturated rings. The fourth-order valence-corrected chi connectivity index (χ4v) is 6.01. The summed E-state index contributed by atoms with van der Waals surface area (Å²) in [4.78, 5) is 50.1.